The van der Waals surface area contributed by atoms with Gasteiger partial charge in [-0.05, 0) is 35.6 Å². The summed E-state index contributed by atoms with van der Waals surface area (Å²) in [6.45, 7) is 0.484. The van der Waals surface area contributed by atoms with E-state index >= 15 is 0 Å². The zero-order valence-electron chi connectivity index (χ0n) is 16.1. The van der Waals surface area contributed by atoms with Gasteiger partial charge in [0.1, 0.15) is 5.75 Å². The van der Waals surface area contributed by atoms with Crippen LogP contribution >= 0.6 is 46.2 Å². The van der Waals surface area contributed by atoms with Crippen molar-refractivity contribution in [2.24, 2.45) is 0 Å². The van der Waals surface area contributed by atoms with Crippen LogP contribution in [0.4, 0.5) is 4.79 Å². The van der Waals surface area contributed by atoms with Gasteiger partial charge in [-0.3, -0.25) is 10.1 Å². The number of carbonyl (C=O) groups excluding carboxylic acids is 2. The van der Waals surface area contributed by atoms with Crippen molar-refractivity contribution in [3.8, 4) is 5.75 Å². The van der Waals surface area contributed by atoms with Gasteiger partial charge in [0.15, 0.2) is 8.68 Å². The normalized spacial score (nSPS) is 10.6. The van der Waals surface area contributed by atoms with Gasteiger partial charge in [0, 0.05) is 17.2 Å². The Hall–Kier alpha value is -2.08. The SMILES string of the molecule is COc1ccc(CSc2nnc(SCC(=O)NC(=O)NCCc3cccs3)s2)cc1. The number of nitrogens with one attached hydrogen (secondary N) is 2. The van der Waals surface area contributed by atoms with Gasteiger partial charge >= 0.3 is 6.03 Å². The van der Waals surface area contributed by atoms with E-state index in [0.29, 0.717) is 10.9 Å². The second kappa shape index (κ2) is 11.9. The lowest BCUT2D eigenvalue weighted by molar-refractivity contribution is -0.117. The van der Waals surface area contributed by atoms with E-state index in [2.05, 4.69) is 20.8 Å². The van der Waals surface area contributed by atoms with Crippen molar-refractivity contribution in [3.05, 3.63) is 52.2 Å². The zero-order valence-corrected chi connectivity index (χ0v) is 19.4. The van der Waals surface area contributed by atoms with Crippen molar-refractivity contribution in [2.75, 3.05) is 19.4 Å². The average Bonchev–Trinajstić information content (AvgIpc) is 3.43. The molecule has 2 aromatic heterocycles. The first-order valence-corrected chi connectivity index (χ1v) is 12.6. The second-order valence-corrected chi connectivity index (χ2v) is 10.3. The first-order chi connectivity index (χ1) is 14.6. The Bertz CT molecular complexity index is 945. The topological polar surface area (TPSA) is 93.2 Å². The fourth-order valence-corrected chi connectivity index (χ4v) is 5.75. The lowest BCUT2D eigenvalue weighted by Gasteiger charge is -2.05. The maximum absolute atomic E-state index is 11.9. The van der Waals surface area contributed by atoms with E-state index in [1.54, 1.807) is 30.2 Å². The van der Waals surface area contributed by atoms with Crippen molar-refractivity contribution < 1.29 is 14.3 Å². The molecule has 0 radical (unpaired) electrons. The van der Waals surface area contributed by atoms with Crippen molar-refractivity contribution >= 4 is 58.1 Å². The van der Waals surface area contributed by atoms with Crippen LogP contribution in [0.25, 0.3) is 0 Å². The number of benzene rings is 1. The number of methoxy groups -OCH3 is 1. The molecule has 0 spiro atoms. The molecule has 1 aromatic carbocycles. The summed E-state index contributed by atoms with van der Waals surface area (Å²) >= 11 is 5.92. The first-order valence-electron chi connectivity index (χ1n) is 8.94. The molecule has 7 nitrogen and oxygen atoms in total. The van der Waals surface area contributed by atoms with Crippen LogP contribution in [0.2, 0.25) is 0 Å². The minimum Gasteiger partial charge on any atom is -0.497 e. The molecule has 0 saturated carbocycles. The number of ether oxygens (including phenoxy) is 1. The van der Waals surface area contributed by atoms with Crippen LogP contribution < -0.4 is 15.4 Å². The van der Waals surface area contributed by atoms with Gasteiger partial charge in [-0.25, -0.2) is 4.79 Å². The number of thioether (sulfide) groups is 2. The van der Waals surface area contributed by atoms with Gasteiger partial charge in [-0.1, -0.05) is 53.1 Å². The number of nitrogens with zero attached hydrogens (tertiary/aromatic N) is 2. The van der Waals surface area contributed by atoms with Crippen LogP contribution in [0.15, 0.2) is 50.5 Å². The molecule has 0 fully saturated rings. The molecule has 0 saturated heterocycles. The van der Waals surface area contributed by atoms with Gasteiger partial charge < -0.3 is 10.1 Å². The number of hydrogen-bond donors (Lipinski definition) is 2. The molecule has 0 aliphatic carbocycles. The number of urea groups is 1. The molecule has 30 heavy (non-hydrogen) atoms. The fraction of sp³-hybridized carbons (Fsp3) is 0.263. The highest BCUT2D eigenvalue weighted by molar-refractivity contribution is 8.03. The molecule has 0 aliphatic heterocycles. The summed E-state index contributed by atoms with van der Waals surface area (Å²) in [4.78, 5) is 24.9. The summed E-state index contributed by atoms with van der Waals surface area (Å²) in [6.07, 6.45) is 0.746. The Balaban J connectivity index is 1.33. The van der Waals surface area contributed by atoms with Crippen molar-refractivity contribution in [2.45, 2.75) is 20.9 Å². The third-order valence-corrected chi connectivity index (χ3v) is 7.92. The van der Waals surface area contributed by atoms with E-state index in [1.165, 1.54) is 28.0 Å². The van der Waals surface area contributed by atoms with Crippen LogP contribution in [-0.2, 0) is 17.0 Å². The zero-order chi connectivity index (χ0) is 21.2. The third-order valence-electron chi connectivity index (χ3n) is 3.73. The molecular formula is C19H20N4O3S4. The summed E-state index contributed by atoms with van der Waals surface area (Å²) in [5.41, 5.74) is 1.16. The molecule has 158 valence electrons. The Kier molecular flexibility index (Phi) is 9.00. The molecule has 0 unspecified atom stereocenters. The van der Waals surface area contributed by atoms with E-state index in [1.807, 2.05) is 41.8 Å². The lowest BCUT2D eigenvalue weighted by Crippen LogP contribution is -2.41. The largest absolute Gasteiger partial charge is 0.497 e. The highest BCUT2D eigenvalue weighted by atomic mass is 32.2. The Morgan fingerprint density at radius 2 is 1.87 bits per heavy atom. The van der Waals surface area contributed by atoms with Crippen LogP contribution in [0.5, 0.6) is 5.75 Å². The lowest BCUT2D eigenvalue weighted by atomic mass is 10.2. The number of amides is 3. The van der Waals surface area contributed by atoms with E-state index in [4.69, 9.17) is 4.74 Å². The minimum atomic E-state index is -0.481. The maximum atomic E-state index is 11.9. The highest BCUT2D eigenvalue weighted by Gasteiger charge is 2.11. The number of thiophene rings is 1. The smallest absolute Gasteiger partial charge is 0.321 e. The van der Waals surface area contributed by atoms with Gasteiger partial charge in [0.2, 0.25) is 5.91 Å². The Labute approximate surface area is 191 Å². The van der Waals surface area contributed by atoms with Crippen LogP contribution in [0, 0.1) is 0 Å². The summed E-state index contributed by atoms with van der Waals surface area (Å²) in [6, 6.07) is 11.4. The maximum Gasteiger partial charge on any atom is 0.321 e. The second-order valence-electron chi connectivity index (χ2n) is 5.89. The van der Waals surface area contributed by atoms with E-state index < -0.39 is 6.03 Å². The Morgan fingerprint density at radius 3 is 2.57 bits per heavy atom. The number of aromatic nitrogens is 2. The minimum absolute atomic E-state index is 0.107. The fourth-order valence-electron chi connectivity index (χ4n) is 2.27. The molecule has 2 N–H and O–H groups in total. The predicted molar refractivity (Wildman–Crippen MR) is 123 cm³/mol. The molecule has 0 bridgehead atoms. The van der Waals surface area contributed by atoms with Crippen molar-refractivity contribution in [1.82, 2.24) is 20.8 Å². The number of imide groups is 1. The van der Waals surface area contributed by atoms with Crippen LogP contribution in [0.3, 0.4) is 0 Å². The Morgan fingerprint density at radius 1 is 1.10 bits per heavy atom. The van der Waals surface area contributed by atoms with E-state index in [-0.39, 0.29) is 11.7 Å². The van der Waals surface area contributed by atoms with Gasteiger partial charge in [-0.15, -0.1) is 21.5 Å². The number of carbonyl (C=O) groups is 2. The van der Waals surface area contributed by atoms with Crippen LogP contribution in [0.1, 0.15) is 10.4 Å². The molecule has 11 heteroatoms. The third kappa shape index (κ3) is 7.63. The molecule has 3 aromatic rings. The summed E-state index contributed by atoms with van der Waals surface area (Å²) in [7, 11) is 1.64. The molecule has 0 aliphatic rings. The monoisotopic (exact) mass is 480 g/mol. The highest BCUT2D eigenvalue weighted by Crippen LogP contribution is 2.30. The van der Waals surface area contributed by atoms with E-state index in [0.717, 1.165) is 27.8 Å². The summed E-state index contributed by atoms with van der Waals surface area (Å²) in [5, 5.41) is 15.2. The molecule has 2 heterocycles. The van der Waals surface area contributed by atoms with Gasteiger partial charge in [0.05, 0.1) is 12.9 Å². The average molecular weight is 481 g/mol. The number of rotatable bonds is 10. The predicted octanol–water partition coefficient (Wildman–Crippen LogP) is 4.06. The summed E-state index contributed by atoms with van der Waals surface area (Å²) < 4.78 is 6.68. The van der Waals surface area contributed by atoms with Gasteiger partial charge in [0.25, 0.3) is 0 Å². The van der Waals surface area contributed by atoms with Gasteiger partial charge in [-0.2, -0.15) is 0 Å². The van der Waals surface area contributed by atoms with Crippen molar-refractivity contribution in [1.29, 1.82) is 0 Å². The van der Waals surface area contributed by atoms with E-state index in [9.17, 15) is 9.59 Å². The first kappa shape index (κ1) is 22.6. The van der Waals surface area contributed by atoms with Crippen LogP contribution in [-0.4, -0.2) is 41.5 Å². The molecule has 3 amide bonds. The standard InChI is InChI=1S/C19H20N4O3S4/c1-26-14-6-4-13(5-7-14)11-28-18-22-23-19(30-18)29-12-16(24)21-17(25)20-9-8-15-3-2-10-27-15/h2-7,10H,8-9,11-12H2,1H3,(H2,20,21,24,25). The van der Waals surface area contributed by atoms with Crippen molar-refractivity contribution in [3.63, 3.8) is 0 Å². The number of hydrogen-bond acceptors (Lipinski definition) is 9. The molecule has 0 atom stereocenters. The summed E-state index contributed by atoms with van der Waals surface area (Å²) in [5.74, 6) is 1.34. The molecular weight excluding hydrogens is 461 g/mol. The quantitative estimate of drug-likeness (QED) is 0.423. The molecule has 3 rings (SSSR count).